The summed E-state index contributed by atoms with van der Waals surface area (Å²) < 4.78 is 6.39. The Labute approximate surface area is 133 Å². The maximum atomic E-state index is 12.2. The van der Waals surface area contributed by atoms with E-state index in [0.29, 0.717) is 26.1 Å². The summed E-state index contributed by atoms with van der Waals surface area (Å²) in [5.41, 5.74) is 7.22. The highest BCUT2D eigenvalue weighted by atomic mass is 127. The van der Waals surface area contributed by atoms with Gasteiger partial charge < -0.3 is 15.8 Å². The third kappa shape index (κ3) is 4.05. The Kier molecular flexibility index (Phi) is 6.04. The monoisotopic (exact) mass is 396 g/mol. The van der Waals surface area contributed by atoms with E-state index in [1.54, 1.807) is 0 Å². The first-order chi connectivity index (χ1) is 8.51. The number of benzene rings is 1. The number of carbonyl (C=O) groups excluding carboxylic acids is 1. The number of nitrogens with one attached hydrogen (secondary N) is 1. The zero-order chi connectivity index (χ0) is 13.2. The van der Waals surface area contributed by atoms with E-state index in [9.17, 15) is 4.79 Å². The first-order valence-electron chi connectivity index (χ1n) is 5.95. The third-order valence-corrected chi connectivity index (χ3v) is 3.94. The molecule has 1 saturated heterocycles. The Morgan fingerprint density at radius 3 is 2.63 bits per heavy atom. The van der Waals surface area contributed by atoms with Crippen molar-refractivity contribution in [1.82, 2.24) is 0 Å². The molecule has 0 atom stereocenters. The number of hydrogen-bond donors (Lipinski definition) is 2. The summed E-state index contributed by atoms with van der Waals surface area (Å²) in [6.45, 7) is 3.08. The molecule has 19 heavy (non-hydrogen) atoms. The quantitative estimate of drug-likeness (QED) is 0.755. The fourth-order valence-corrected chi connectivity index (χ4v) is 2.62. The van der Waals surface area contributed by atoms with Crippen LogP contribution in [-0.2, 0) is 9.53 Å². The van der Waals surface area contributed by atoms with Crippen LogP contribution >= 0.6 is 35.0 Å². The molecule has 1 fully saturated rings. The Morgan fingerprint density at radius 2 is 2.05 bits per heavy atom. The van der Waals surface area contributed by atoms with Crippen molar-refractivity contribution in [2.75, 3.05) is 18.5 Å². The minimum absolute atomic E-state index is 0. The zero-order valence-corrected chi connectivity index (χ0v) is 13.7. The van der Waals surface area contributed by atoms with Crippen LogP contribution in [0.2, 0.25) is 0 Å². The molecular weight excluding hydrogens is 379 g/mol. The molecule has 0 bridgehead atoms. The summed E-state index contributed by atoms with van der Waals surface area (Å²) >= 11 is 2.25. The molecule has 0 saturated carbocycles. The number of amides is 1. The molecule has 6 heteroatoms. The first-order valence-corrected chi connectivity index (χ1v) is 7.03. The molecule has 1 amide bonds. The second kappa shape index (κ2) is 6.88. The lowest BCUT2D eigenvalue weighted by atomic mass is 9.90. The zero-order valence-electron chi connectivity index (χ0n) is 10.7. The number of aryl methyl sites for hydroxylation is 1. The first kappa shape index (κ1) is 16.7. The van der Waals surface area contributed by atoms with Crippen LogP contribution in [0.1, 0.15) is 18.4 Å². The van der Waals surface area contributed by atoms with Crippen molar-refractivity contribution in [2.45, 2.75) is 25.3 Å². The standard InChI is InChI=1S/C13H17IN2O2.ClH/c1-9-8-10(14)2-3-11(9)16-12(17)13(15)4-6-18-7-5-13;/h2-3,8H,4-7,15H2,1H3,(H,16,17);1H. The number of anilines is 1. The van der Waals surface area contributed by atoms with Crippen LogP contribution in [0.4, 0.5) is 5.69 Å². The van der Waals surface area contributed by atoms with Crippen LogP contribution in [0, 0.1) is 10.5 Å². The molecule has 3 N–H and O–H groups in total. The van der Waals surface area contributed by atoms with Gasteiger partial charge in [-0.3, -0.25) is 4.79 Å². The minimum atomic E-state index is -0.798. The van der Waals surface area contributed by atoms with E-state index in [2.05, 4.69) is 27.9 Å². The fourth-order valence-electron chi connectivity index (χ4n) is 1.98. The average Bonchev–Trinajstić information content (AvgIpc) is 2.33. The maximum Gasteiger partial charge on any atom is 0.244 e. The number of nitrogens with two attached hydrogens (primary N) is 1. The second-order valence-electron chi connectivity index (χ2n) is 4.68. The average molecular weight is 397 g/mol. The number of rotatable bonds is 2. The Balaban J connectivity index is 0.00000180. The summed E-state index contributed by atoms with van der Waals surface area (Å²) in [5, 5.41) is 2.92. The molecule has 1 aromatic carbocycles. The van der Waals surface area contributed by atoms with Crippen molar-refractivity contribution in [3.8, 4) is 0 Å². The van der Waals surface area contributed by atoms with Crippen LogP contribution < -0.4 is 11.1 Å². The van der Waals surface area contributed by atoms with Crippen LogP contribution in [0.5, 0.6) is 0 Å². The predicted octanol–water partition coefficient (Wildman–Crippen LogP) is 2.47. The lowest BCUT2D eigenvalue weighted by molar-refractivity contribution is -0.124. The fraction of sp³-hybridized carbons (Fsp3) is 0.462. The lowest BCUT2D eigenvalue weighted by Crippen LogP contribution is -2.54. The summed E-state index contributed by atoms with van der Waals surface area (Å²) in [4.78, 5) is 12.2. The molecule has 106 valence electrons. The molecule has 4 nitrogen and oxygen atoms in total. The van der Waals surface area contributed by atoms with Gasteiger partial charge in [-0.15, -0.1) is 12.4 Å². The third-order valence-electron chi connectivity index (χ3n) is 3.27. The molecule has 0 unspecified atom stereocenters. The molecule has 0 spiro atoms. The van der Waals surface area contributed by atoms with E-state index in [1.807, 2.05) is 25.1 Å². The van der Waals surface area contributed by atoms with Gasteiger partial charge in [0.2, 0.25) is 5.91 Å². The van der Waals surface area contributed by atoms with Crippen molar-refractivity contribution in [1.29, 1.82) is 0 Å². The molecule has 1 aliphatic heterocycles. The van der Waals surface area contributed by atoms with E-state index in [4.69, 9.17) is 10.5 Å². The molecule has 1 aliphatic rings. The maximum absolute atomic E-state index is 12.2. The summed E-state index contributed by atoms with van der Waals surface area (Å²) in [6.07, 6.45) is 1.14. The van der Waals surface area contributed by atoms with Gasteiger partial charge in [-0.2, -0.15) is 0 Å². The highest BCUT2D eigenvalue weighted by molar-refractivity contribution is 14.1. The number of hydrogen-bond acceptors (Lipinski definition) is 3. The molecule has 0 aliphatic carbocycles. The number of ether oxygens (including phenoxy) is 1. The molecule has 0 aromatic heterocycles. The number of halogens is 2. The van der Waals surface area contributed by atoms with Crippen molar-refractivity contribution in [3.63, 3.8) is 0 Å². The van der Waals surface area contributed by atoms with Gasteiger partial charge in [0.25, 0.3) is 0 Å². The summed E-state index contributed by atoms with van der Waals surface area (Å²) in [7, 11) is 0. The largest absolute Gasteiger partial charge is 0.381 e. The predicted molar refractivity (Wildman–Crippen MR) is 86.7 cm³/mol. The van der Waals surface area contributed by atoms with E-state index >= 15 is 0 Å². The van der Waals surface area contributed by atoms with Gasteiger partial charge in [-0.25, -0.2) is 0 Å². The van der Waals surface area contributed by atoms with Gasteiger partial charge in [-0.05, 0) is 66.1 Å². The summed E-state index contributed by atoms with van der Waals surface area (Å²) in [6, 6.07) is 5.91. The van der Waals surface area contributed by atoms with Crippen molar-refractivity contribution < 1.29 is 9.53 Å². The van der Waals surface area contributed by atoms with Crippen molar-refractivity contribution in [3.05, 3.63) is 27.3 Å². The van der Waals surface area contributed by atoms with Gasteiger partial charge in [-0.1, -0.05) is 0 Å². The van der Waals surface area contributed by atoms with Crippen LogP contribution in [0.25, 0.3) is 0 Å². The Bertz CT molecular complexity index is 462. The van der Waals surface area contributed by atoms with Gasteiger partial charge >= 0.3 is 0 Å². The second-order valence-corrected chi connectivity index (χ2v) is 5.93. The SMILES string of the molecule is Cc1cc(I)ccc1NC(=O)C1(N)CCOCC1.Cl. The van der Waals surface area contributed by atoms with Gasteiger partial charge in [0.15, 0.2) is 0 Å². The van der Waals surface area contributed by atoms with Crippen LogP contribution in [0.15, 0.2) is 18.2 Å². The topological polar surface area (TPSA) is 64.4 Å². The summed E-state index contributed by atoms with van der Waals surface area (Å²) in [5.74, 6) is -0.116. The molecule has 1 aromatic rings. The van der Waals surface area contributed by atoms with Crippen LogP contribution in [0.3, 0.4) is 0 Å². The van der Waals surface area contributed by atoms with E-state index in [-0.39, 0.29) is 18.3 Å². The number of carbonyl (C=O) groups is 1. The molecule has 0 radical (unpaired) electrons. The smallest absolute Gasteiger partial charge is 0.244 e. The Hall–Kier alpha value is -0.370. The minimum Gasteiger partial charge on any atom is -0.381 e. The van der Waals surface area contributed by atoms with Crippen molar-refractivity contribution >= 4 is 46.6 Å². The van der Waals surface area contributed by atoms with Crippen molar-refractivity contribution in [2.24, 2.45) is 5.73 Å². The van der Waals surface area contributed by atoms with Gasteiger partial charge in [0.1, 0.15) is 5.54 Å². The molecular formula is C13H18ClIN2O2. The highest BCUT2D eigenvalue weighted by Gasteiger charge is 2.36. The highest BCUT2D eigenvalue weighted by Crippen LogP contribution is 2.22. The van der Waals surface area contributed by atoms with E-state index < -0.39 is 5.54 Å². The normalized spacial score (nSPS) is 17.4. The lowest BCUT2D eigenvalue weighted by Gasteiger charge is -2.32. The van der Waals surface area contributed by atoms with Crippen LogP contribution in [-0.4, -0.2) is 24.7 Å². The van der Waals surface area contributed by atoms with Gasteiger partial charge in [0, 0.05) is 22.5 Å². The Morgan fingerprint density at radius 1 is 1.42 bits per heavy atom. The molecule has 1 heterocycles. The van der Waals surface area contributed by atoms with E-state index in [0.717, 1.165) is 14.8 Å². The van der Waals surface area contributed by atoms with Gasteiger partial charge in [0.05, 0.1) is 0 Å². The molecule has 2 rings (SSSR count). The van der Waals surface area contributed by atoms with E-state index in [1.165, 1.54) is 0 Å².